The number of rotatable bonds is 3. The first-order chi connectivity index (χ1) is 6.55. The SMILES string of the molecule is CCS[C@@H](c1ccccc1)C(F)(F)F. The van der Waals surface area contributed by atoms with E-state index in [1.54, 1.807) is 25.1 Å². The van der Waals surface area contributed by atoms with Crippen LogP contribution in [0, 0.1) is 0 Å². The normalized spacial score (nSPS) is 14.0. The molecule has 78 valence electrons. The molecule has 0 aromatic heterocycles. The van der Waals surface area contributed by atoms with Crippen LogP contribution in [0.5, 0.6) is 0 Å². The van der Waals surface area contributed by atoms with E-state index in [0.29, 0.717) is 11.3 Å². The van der Waals surface area contributed by atoms with E-state index in [2.05, 4.69) is 0 Å². The summed E-state index contributed by atoms with van der Waals surface area (Å²) < 4.78 is 37.7. The van der Waals surface area contributed by atoms with Crippen LogP contribution in [-0.2, 0) is 0 Å². The van der Waals surface area contributed by atoms with Crippen LogP contribution in [0.2, 0.25) is 0 Å². The molecule has 0 saturated heterocycles. The number of thioether (sulfide) groups is 1. The maximum atomic E-state index is 12.6. The molecule has 1 atom stereocenters. The predicted octanol–water partition coefficient (Wildman–Crippen LogP) is 4.04. The molecule has 0 fully saturated rings. The van der Waals surface area contributed by atoms with E-state index in [1.807, 2.05) is 0 Å². The number of alkyl halides is 3. The molecule has 0 bridgehead atoms. The molecule has 1 aromatic carbocycles. The molecular weight excluding hydrogens is 209 g/mol. The maximum Gasteiger partial charge on any atom is 0.404 e. The maximum absolute atomic E-state index is 12.6. The topological polar surface area (TPSA) is 0 Å². The number of hydrogen-bond donors (Lipinski definition) is 0. The van der Waals surface area contributed by atoms with Gasteiger partial charge in [-0.15, -0.1) is 11.8 Å². The van der Waals surface area contributed by atoms with Gasteiger partial charge in [0, 0.05) is 0 Å². The van der Waals surface area contributed by atoms with Crippen molar-refractivity contribution < 1.29 is 13.2 Å². The van der Waals surface area contributed by atoms with Gasteiger partial charge in [-0.2, -0.15) is 13.2 Å². The van der Waals surface area contributed by atoms with E-state index in [1.165, 1.54) is 12.1 Å². The van der Waals surface area contributed by atoms with Crippen molar-refractivity contribution in [2.24, 2.45) is 0 Å². The van der Waals surface area contributed by atoms with Gasteiger partial charge in [0.15, 0.2) is 0 Å². The summed E-state index contributed by atoms with van der Waals surface area (Å²) in [6.07, 6.45) is -4.16. The van der Waals surface area contributed by atoms with Gasteiger partial charge in [-0.05, 0) is 11.3 Å². The molecule has 0 heterocycles. The van der Waals surface area contributed by atoms with Gasteiger partial charge in [0.25, 0.3) is 0 Å². The molecular formula is C10H11F3S. The highest BCUT2D eigenvalue weighted by Gasteiger charge is 2.40. The summed E-state index contributed by atoms with van der Waals surface area (Å²) in [5.41, 5.74) is 0.326. The molecule has 0 saturated carbocycles. The Morgan fingerprint density at radius 2 is 1.79 bits per heavy atom. The molecule has 0 amide bonds. The van der Waals surface area contributed by atoms with Crippen molar-refractivity contribution in [2.75, 3.05) is 5.75 Å². The summed E-state index contributed by atoms with van der Waals surface area (Å²) in [6, 6.07) is 8.00. The van der Waals surface area contributed by atoms with Gasteiger partial charge in [0.05, 0.1) is 0 Å². The summed E-state index contributed by atoms with van der Waals surface area (Å²) in [6.45, 7) is 1.73. The number of halogens is 3. The lowest BCUT2D eigenvalue weighted by Crippen LogP contribution is -2.18. The molecule has 0 nitrogen and oxygen atoms in total. The first kappa shape index (κ1) is 11.4. The first-order valence-electron chi connectivity index (χ1n) is 4.29. The number of hydrogen-bond acceptors (Lipinski definition) is 1. The lowest BCUT2D eigenvalue weighted by molar-refractivity contribution is -0.129. The second kappa shape index (κ2) is 4.73. The van der Waals surface area contributed by atoms with Crippen LogP contribution in [0.4, 0.5) is 13.2 Å². The highest BCUT2D eigenvalue weighted by molar-refractivity contribution is 7.99. The Hall–Kier alpha value is -0.640. The predicted molar refractivity (Wildman–Crippen MR) is 53.4 cm³/mol. The molecule has 0 unspecified atom stereocenters. The van der Waals surface area contributed by atoms with Crippen LogP contribution in [-0.4, -0.2) is 11.9 Å². The summed E-state index contributed by atoms with van der Waals surface area (Å²) in [7, 11) is 0. The summed E-state index contributed by atoms with van der Waals surface area (Å²) in [4.78, 5) is 0. The zero-order valence-corrected chi connectivity index (χ0v) is 8.53. The second-order valence-electron chi connectivity index (χ2n) is 2.79. The lowest BCUT2D eigenvalue weighted by Gasteiger charge is -2.19. The second-order valence-corrected chi connectivity index (χ2v) is 4.17. The van der Waals surface area contributed by atoms with Gasteiger partial charge in [-0.25, -0.2) is 0 Å². The van der Waals surface area contributed by atoms with Crippen molar-refractivity contribution in [3.8, 4) is 0 Å². The van der Waals surface area contributed by atoms with E-state index in [9.17, 15) is 13.2 Å². The van der Waals surface area contributed by atoms with Crippen molar-refractivity contribution in [3.63, 3.8) is 0 Å². The molecule has 0 aliphatic heterocycles. The largest absolute Gasteiger partial charge is 0.404 e. The van der Waals surface area contributed by atoms with E-state index >= 15 is 0 Å². The van der Waals surface area contributed by atoms with Crippen LogP contribution < -0.4 is 0 Å². The quantitative estimate of drug-likeness (QED) is 0.740. The zero-order chi connectivity index (χ0) is 10.6. The molecule has 0 aliphatic rings. The molecule has 0 N–H and O–H groups in total. The third kappa shape index (κ3) is 2.94. The van der Waals surface area contributed by atoms with Crippen LogP contribution in [0.1, 0.15) is 17.7 Å². The van der Waals surface area contributed by atoms with Crippen LogP contribution in [0.3, 0.4) is 0 Å². The monoisotopic (exact) mass is 220 g/mol. The van der Waals surface area contributed by atoms with Crippen LogP contribution in [0.15, 0.2) is 30.3 Å². The van der Waals surface area contributed by atoms with Crippen molar-refractivity contribution in [1.29, 1.82) is 0 Å². The van der Waals surface area contributed by atoms with Crippen molar-refractivity contribution in [3.05, 3.63) is 35.9 Å². The van der Waals surface area contributed by atoms with Gasteiger partial charge in [-0.1, -0.05) is 37.3 Å². The smallest absolute Gasteiger partial charge is 0.169 e. The Kier molecular flexibility index (Phi) is 3.86. The minimum atomic E-state index is -4.16. The third-order valence-electron chi connectivity index (χ3n) is 1.73. The Bertz CT molecular complexity index is 268. The molecule has 0 spiro atoms. The van der Waals surface area contributed by atoms with Crippen molar-refractivity contribution in [1.82, 2.24) is 0 Å². The minimum Gasteiger partial charge on any atom is -0.169 e. The standard InChI is InChI=1S/C10H11F3S/c1-2-14-9(10(11,12)13)8-6-4-3-5-7-8/h3-7,9H,2H2,1H3/t9-/m0/s1. The van der Waals surface area contributed by atoms with Crippen LogP contribution in [0.25, 0.3) is 0 Å². The van der Waals surface area contributed by atoms with E-state index in [-0.39, 0.29) is 0 Å². The van der Waals surface area contributed by atoms with Crippen LogP contribution >= 0.6 is 11.8 Å². The van der Waals surface area contributed by atoms with Gasteiger partial charge < -0.3 is 0 Å². The van der Waals surface area contributed by atoms with E-state index in [0.717, 1.165) is 11.8 Å². The summed E-state index contributed by atoms with van der Waals surface area (Å²) in [5.74, 6) is 0.457. The Morgan fingerprint density at radius 3 is 2.21 bits per heavy atom. The Morgan fingerprint density at radius 1 is 1.21 bits per heavy atom. The molecule has 14 heavy (non-hydrogen) atoms. The molecule has 0 aliphatic carbocycles. The van der Waals surface area contributed by atoms with Gasteiger partial charge >= 0.3 is 6.18 Å². The number of benzene rings is 1. The summed E-state index contributed by atoms with van der Waals surface area (Å²) in [5, 5.41) is -1.39. The molecule has 1 aromatic rings. The minimum absolute atomic E-state index is 0.326. The highest BCUT2D eigenvalue weighted by atomic mass is 32.2. The van der Waals surface area contributed by atoms with Crippen molar-refractivity contribution in [2.45, 2.75) is 18.3 Å². The van der Waals surface area contributed by atoms with Gasteiger partial charge in [0.1, 0.15) is 5.25 Å². The van der Waals surface area contributed by atoms with E-state index in [4.69, 9.17) is 0 Å². The Labute approximate surface area is 85.5 Å². The molecule has 0 radical (unpaired) electrons. The molecule has 1 rings (SSSR count). The Balaban J connectivity index is 2.89. The molecule has 4 heteroatoms. The fourth-order valence-electron chi connectivity index (χ4n) is 1.17. The van der Waals surface area contributed by atoms with Gasteiger partial charge in [-0.3, -0.25) is 0 Å². The summed E-state index contributed by atoms with van der Waals surface area (Å²) >= 11 is 0.911. The van der Waals surface area contributed by atoms with Crippen molar-refractivity contribution >= 4 is 11.8 Å². The average molecular weight is 220 g/mol. The first-order valence-corrected chi connectivity index (χ1v) is 5.34. The third-order valence-corrected chi connectivity index (χ3v) is 2.94. The van der Waals surface area contributed by atoms with Gasteiger partial charge in [0.2, 0.25) is 0 Å². The highest BCUT2D eigenvalue weighted by Crippen LogP contribution is 2.42. The zero-order valence-electron chi connectivity index (χ0n) is 7.71. The fourth-order valence-corrected chi connectivity index (χ4v) is 2.05. The fraction of sp³-hybridized carbons (Fsp3) is 0.400. The average Bonchev–Trinajstić information content (AvgIpc) is 2.14. The lowest BCUT2D eigenvalue weighted by atomic mass is 10.1. The van der Waals surface area contributed by atoms with E-state index < -0.39 is 11.4 Å².